The van der Waals surface area contributed by atoms with Gasteiger partial charge in [0.15, 0.2) is 0 Å². The van der Waals surface area contributed by atoms with Gasteiger partial charge in [0.05, 0.1) is 18.2 Å². The smallest absolute Gasteiger partial charge is 0.327 e. The molecule has 238 valence electrons. The average molecular weight is 657 g/mol. The highest BCUT2D eigenvalue weighted by Crippen LogP contribution is 2.37. The van der Waals surface area contributed by atoms with E-state index in [4.69, 9.17) is 27.8 Å². The second-order valence-corrected chi connectivity index (χ2v) is 12.3. The van der Waals surface area contributed by atoms with Gasteiger partial charge >= 0.3 is 11.9 Å². The zero-order chi connectivity index (χ0) is 33.1. The molecule has 1 fully saturated rings. The SMILES string of the molecule is CC(=O)C1C(=S)CN(c2ccccc2SCc2ccccc2)[C@@H]1C(=O)O.N[C@@H](Cc1ccc(OCc2ccccc2)cc1)C(=O)O. The number of aliphatic carboxylic acids is 2. The normalized spacial score (nSPS) is 16.2. The van der Waals surface area contributed by atoms with Gasteiger partial charge in [-0.25, -0.2) is 4.79 Å². The highest BCUT2D eigenvalue weighted by molar-refractivity contribution is 7.98. The Hall–Kier alpha value is -4.51. The van der Waals surface area contributed by atoms with E-state index in [1.165, 1.54) is 12.5 Å². The van der Waals surface area contributed by atoms with Crippen LogP contribution >= 0.6 is 24.0 Å². The fourth-order valence-corrected chi connectivity index (χ4v) is 6.49. The Kier molecular flexibility index (Phi) is 12.5. The number of nitrogens with two attached hydrogens (primary N) is 1. The van der Waals surface area contributed by atoms with E-state index in [2.05, 4.69) is 12.1 Å². The number of rotatable bonds is 12. The topological polar surface area (TPSA) is 130 Å². The maximum absolute atomic E-state index is 12.0. The minimum absolute atomic E-state index is 0.195. The largest absolute Gasteiger partial charge is 0.489 e. The predicted molar refractivity (Wildman–Crippen MR) is 185 cm³/mol. The third-order valence-electron chi connectivity index (χ3n) is 7.37. The quantitative estimate of drug-likeness (QED) is 0.122. The molecule has 1 unspecified atom stereocenters. The number of thiocarbonyl (C=S) groups is 1. The monoisotopic (exact) mass is 656 g/mol. The molecule has 1 saturated heterocycles. The molecule has 1 aliphatic rings. The first kappa shape index (κ1) is 34.4. The van der Waals surface area contributed by atoms with Crippen molar-refractivity contribution >= 4 is 52.3 Å². The Morgan fingerprint density at radius 2 is 1.46 bits per heavy atom. The lowest BCUT2D eigenvalue weighted by molar-refractivity contribution is -0.141. The molecule has 5 rings (SSSR count). The Morgan fingerprint density at radius 3 is 2.04 bits per heavy atom. The van der Waals surface area contributed by atoms with Gasteiger partial charge < -0.3 is 25.6 Å². The minimum Gasteiger partial charge on any atom is -0.489 e. The van der Waals surface area contributed by atoms with Crippen molar-refractivity contribution in [1.82, 2.24) is 0 Å². The van der Waals surface area contributed by atoms with Gasteiger partial charge in [0.25, 0.3) is 0 Å². The van der Waals surface area contributed by atoms with E-state index >= 15 is 0 Å². The number of nitrogens with zero attached hydrogens (tertiary/aromatic N) is 1. The number of para-hydroxylation sites is 1. The van der Waals surface area contributed by atoms with Gasteiger partial charge in [-0.3, -0.25) is 9.59 Å². The Labute approximate surface area is 278 Å². The summed E-state index contributed by atoms with van der Waals surface area (Å²) in [7, 11) is 0. The average Bonchev–Trinajstić information content (AvgIpc) is 3.42. The number of hydrogen-bond donors (Lipinski definition) is 3. The second kappa shape index (κ2) is 16.7. The van der Waals surface area contributed by atoms with Crippen molar-refractivity contribution in [2.75, 3.05) is 11.4 Å². The van der Waals surface area contributed by atoms with E-state index in [0.29, 0.717) is 24.4 Å². The number of benzene rings is 4. The van der Waals surface area contributed by atoms with E-state index in [1.54, 1.807) is 16.7 Å². The molecule has 46 heavy (non-hydrogen) atoms. The van der Waals surface area contributed by atoms with Crippen LogP contribution < -0.4 is 15.4 Å². The number of ketones is 1. The maximum Gasteiger partial charge on any atom is 0.327 e. The van der Waals surface area contributed by atoms with Crippen LogP contribution in [0.2, 0.25) is 0 Å². The first-order valence-electron chi connectivity index (χ1n) is 14.7. The van der Waals surface area contributed by atoms with Gasteiger partial charge in [0.1, 0.15) is 30.2 Å². The van der Waals surface area contributed by atoms with Gasteiger partial charge in [0, 0.05) is 15.5 Å². The number of anilines is 1. The van der Waals surface area contributed by atoms with Crippen LogP contribution in [-0.2, 0) is 33.2 Å². The zero-order valence-electron chi connectivity index (χ0n) is 25.3. The number of carboxylic acid groups (broad SMARTS) is 2. The highest BCUT2D eigenvalue weighted by atomic mass is 32.2. The standard InChI is InChI=1S/C20H19NO3S2.C16H17NO3/c1-13(22)18-16(25)11-21(19(18)20(23)24)15-9-5-6-10-17(15)26-12-14-7-3-2-4-8-14;17-15(16(18)19)10-12-6-8-14(9-7-12)20-11-13-4-2-1-3-5-13/h2-10,18-19H,11-12H2,1H3,(H,23,24);1-9,15H,10-11,17H2,(H,18,19)/t18?,19-;15-/m00/s1. The van der Waals surface area contributed by atoms with Gasteiger partial charge in [-0.05, 0) is 54.3 Å². The van der Waals surface area contributed by atoms with E-state index in [9.17, 15) is 19.5 Å². The molecule has 4 N–H and O–H groups in total. The summed E-state index contributed by atoms with van der Waals surface area (Å²) in [5.41, 5.74) is 9.48. The number of carbonyl (C=O) groups is 3. The lowest BCUT2D eigenvalue weighted by Crippen LogP contribution is -2.42. The molecule has 0 amide bonds. The van der Waals surface area contributed by atoms with Crippen LogP contribution in [0.3, 0.4) is 0 Å². The van der Waals surface area contributed by atoms with Gasteiger partial charge in [-0.2, -0.15) is 0 Å². The Balaban J connectivity index is 0.000000216. The molecule has 0 spiro atoms. The highest BCUT2D eigenvalue weighted by Gasteiger charge is 2.46. The van der Waals surface area contributed by atoms with Crippen LogP contribution in [0, 0.1) is 5.92 Å². The Morgan fingerprint density at radius 1 is 0.870 bits per heavy atom. The van der Waals surface area contributed by atoms with Gasteiger partial charge in [-0.15, -0.1) is 11.8 Å². The predicted octanol–water partition coefficient (Wildman–Crippen LogP) is 6.05. The number of thioether (sulfide) groups is 1. The van der Waals surface area contributed by atoms with E-state index in [0.717, 1.165) is 33.2 Å². The molecule has 0 saturated carbocycles. The molecule has 8 nitrogen and oxygen atoms in total. The van der Waals surface area contributed by atoms with Crippen molar-refractivity contribution in [3.05, 3.63) is 126 Å². The van der Waals surface area contributed by atoms with Crippen molar-refractivity contribution in [3.63, 3.8) is 0 Å². The van der Waals surface area contributed by atoms with Crippen LogP contribution in [0.15, 0.2) is 114 Å². The first-order valence-corrected chi connectivity index (χ1v) is 16.1. The summed E-state index contributed by atoms with van der Waals surface area (Å²) in [5, 5.41) is 18.5. The number of carbonyl (C=O) groups excluding carboxylic acids is 1. The molecule has 3 atom stereocenters. The van der Waals surface area contributed by atoms with Crippen LogP contribution in [0.25, 0.3) is 0 Å². The van der Waals surface area contributed by atoms with Crippen molar-refractivity contribution < 1.29 is 29.3 Å². The summed E-state index contributed by atoms with van der Waals surface area (Å²) in [6.45, 7) is 2.22. The molecule has 10 heteroatoms. The molecular formula is C36H36N2O6S2. The van der Waals surface area contributed by atoms with Crippen molar-refractivity contribution in [2.45, 2.75) is 42.7 Å². The molecule has 4 aromatic carbocycles. The summed E-state index contributed by atoms with van der Waals surface area (Å²) in [6.07, 6.45) is 0.314. The molecule has 0 radical (unpaired) electrons. The van der Waals surface area contributed by atoms with Crippen LogP contribution in [0.4, 0.5) is 5.69 Å². The third-order valence-corrected chi connectivity index (χ3v) is 8.89. The van der Waals surface area contributed by atoms with E-state index in [1.807, 2.05) is 97.1 Å². The van der Waals surface area contributed by atoms with Crippen LogP contribution in [0.5, 0.6) is 5.75 Å². The van der Waals surface area contributed by atoms with Gasteiger partial charge in [-0.1, -0.05) is 97.1 Å². The van der Waals surface area contributed by atoms with Crippen LogP contribution in [-0.4, -0.2) is 51.4 Å². The summed E-state index contributed by atoms with van der Waals surface area (Å²) < 4.78 is 5.65. The third kappa shape index (κ3) is 9.50. The Bertz CT molecular complexity index is 1630. The number of Topliss-reactive ketones (excluding diaryl/α,β-unsaturated/α-hetero) is 1. The summed E-state index contributed by atoms with van der Waals surface area (Å²) in [6, 6.07) is 33.2. The lowest BCUT2D eigenvalue weighted by atomic mass is 9.96. The number of carboxylic acids is 2. The molecule has 0 bridgehead atoms. The first-order chi connectivity index (χ1) is 22.1. The van der Waals surface area contributed by atoms with E-state index < -0.39 is 29.9 Å². The zero-order valence-corrected chi connectivity index (χ0v) is 27.0. The molecule has 1 heterocycles. The molecule has 0 aliphatic carbocycles. The van der Waals surface area contributed by atoms with Crippen molar-refractivity contribution in [3.8, 4) is 5.75 Å². The number of hydrogen-bond acceptors (Lipinski definition) is 8. The number of ether oxygens (including phenoxy) is 1. The second-order valence-electron chi connectivity index (χ2n) is 10.8. The fraction of sp³-hybridized carbons (Fsp3) is 0.222. The van der Waals surface area contributed by atoms with Gasteiger partial charge in [0.2, 0.25) is 0 Å². The van der Waals surface area contributed by atoms with Crippen LogP contribution in [0.1, 0.15) is 23.6 Å². The summed E-state index contributed by atoms with van der Waals surface area (Å²) in [5.74, 6) is -1.41. The fourth-order valence-electron chi connectivity index (χ4n) is 5.04. The van der Waals surface area contributed by atoms with E-state index in [-0.39, 0.29) is 5.78 Å². The molecule has 1 aliphatic heterocycles. The maximum atomic E-state index is 12.0. The molecular weight excluding hydrogens is 621 g/mol. The summed E-state index contributed by atoms with van der Waals surface area (Å²) in [4.78, 5) is 37.7. The minimum atomic E-state index is -1.02. The van der Waals surface area contributed by atoms with Crippen molar-refractivity contribution in [2.24, 2.45) is 11.7 Å². The lowest BCUT2D eigenvalue weighted by Gasteiger charge is -2.27. The molecule has 4 aromatic rings. The molecule has 0 aromatic heterocycles. The van der Waals surface area contributed by atoms with Crippen molar-refractivity contribution in [1.29, 1.82) is 0 Å². The summed E-state index contributed by atoms with van der Waals surface area (Å²) >= 11 is 6.99.